The largest absolute Gasteiger partial charge is 0.315 e. The molecular formula is C13H11N3O. The lowest BCUT2D eigenvalue weighted by atomic mass is 10.0. The minimum atomic E-state index is -0.272. The molecule has 0 amide bonds. The number of pyridine rings is 2. The van der Waals surface area contributed by atoms with Crippen molar-refractivity contribution in [3.63, 3.8) is 0 Å². The molecule has 0 atom stereocenters. The van der Waals surface area contributed by atoms with E-state index in [4.69, 9.17) is 5.26 Å². The molecule has 0 saturated carbocycles. The monoisotopic (exact) mass is 225 g/mol. The SMILES string of the molecule is Cc1cc(-c2cccnc2)c(C#N)c(=O)n1C. The van der Waals surface area contributed by atoms with Crippen LogP contribution in [0, 0.1) is 18.3 Å². The van der Waals surface area contributed by atoms with Gasteiger partial charge in [0, 0.05) is 36.3 Å². The smallest absolute Gasteiger partial charge is 0.269 e. The minimum absolute atomic E-state index is 0.158. The van der Waals surface area contributed by atoms with E-state index in [2.05, 4.69) is 4.98 Å². The third-order valence-electron chi connectivity index (χ3n) is 2.75. The van der Waals surface area contributed by atoms with Crippen LogP contribution in [0.1, 0.15) is 11.3 Å². The van der Waals surface area contributed by atoms with Crippen molar-refractivity contribution in [1.29, 1.82) is 5.26 Å². The molecule has 0 bridgehead atoms. The lowest BCUT2D eigenvalue weighted by molar-refractivity contribution is 0.815. The Morgan fingerprint density at radius 3 is 2.82 bits per heavy atom. The molecule has 0 aliphatic rings. The van der Waals surface area contributed by atoms with Gasteiger partial charge < -0.3 is 4.57 Å². The Bertz CT molecular complexity index is 651. The van der Waals surface area contributed by atoms with Crippen LogP contribution in [0.25, 0.3) is 11.1 Å². The summed E-state index contributed by atoms with van der Waals surface area (Å²) >= 11 is 0. The molecule has 2 aromatic heterocycles. The van der Waals surface area contributed by atoms with Gasteiger partial charge in [0.05, 0.1) is 0 Å². The normalized spacial score (nSPS) is 9.94. The molecule has 2 heterocycles. The first-order valence-corrected chi connectivity index (χ1v) is 5.16. The molecule has 2 aromatic rings. The van der Waals surface area contributed by atoms with Crippen LogP contribution in [0.5, 0.6) is 0 Å². The Kier molecular flexibility index (Phi) is 2.75. The maximum atomic E-state index is 11.9. The first kappa shape index (κ1) is 11.1. The second-order valence-corrected chi connectivity index (χ2v) is 3.79. The number of rotatable bonds is 1. The van der Waals surface area contributed by atoms with Gasteiger partial charge in [-0.15, -0.1) is 0 Å². The Hall–Kier alpha value is -2.41. The topological polar surface area (TPSA) is 58.7 Å². The van der Waals surface area contributed by atoms with E-state index in [0.29, 0.717) is 5.56 Å². The standard InChI is InChI=1S/C13H11N3O/c1-9-6-11(10-4-3-5-15-8-10)12(7-14)13(17)16(9)2/h3-6,8H,1-2H3. The number of hydrogen-bond acceptors (Lipinski definition) is 3. The van der Waals surface area contributed by atoms with E-state index in [-0.39, 0.29) is 11.1 Å². The molecule has 84 valence electrons. The van der Waals surface area contributed by atoms with E-state index in [9.17, 15) is 4.79 Å². The van der Waals surface area contributed by atoms with Crippen LogP contribution in [0.4, 0.5) is 0 Å². The predicted molar refractivity (Wildman–Crippen MR) is 64.4 cm³/mol. The van der Waals surface area contributed by atoms with E-state index in [1.165, 1.54) is 4.57 Å². The molecule has 2 rings (SSSR count). The zero-order valence-corrected chi connectivity index (χ0v) is 9.64. The Balaban J connectivity index is 2.81. The first-order valence-electron chi connectivity index (χ1n) is 5.16. The van der Waals surface area contributed by atoms with Crippen molar-refractivity contribution >= 4 is 0 Å². The highest BCUT2D eigenvalue weighted by atomic mass is 16.1. The minimum Gasteiger partial charge on any atom is -0.315 e. The van der Waals surface area contributed by atoms with E-state index >= 15 is 0 Å². The molecule has 0 aliphatic heterocycles. The van der Waals surface area contributed by atoms with Crippen molar-refractivity contribution in [2.45, 2.75) is 6.92 Å². The summed E-state index contributed by atoms with van der Waals surface area (Å²) in [6, 6.07) is 7.42. The number of nitrogens with zero attached hydrogens (tertiary/aromatic N) is 3. The summed E-state index contributed by atoms with van der Waals surface area (Å²) < 4.78 is 1.47. The molecular weight excluding hydrogens is 214 g/mol. The molecule has 0 unspecified atom stereocenters. The van der Waals surface area contributed by atoms with Crippen molar-refractivity contribution in [3.05, 3.63) is 52.2 Å². The van der Waals surface area contributed by atoms with E-state index in [0.717, 1.165) is 11.3 Å². The quantitative estimate of drug-likeness (QED) is 0.741. The molecule has 17 heavy (non-hydrogen) atoms. The van der Waals surface area contributed by atoms with E-state index < -0.39 is 0 Å². The van der Waals surface area contributed by atoms with Gasteiger partial charge in [0.2, 0.25) is 0 Å². The summed E-state index contributed by atoms with van der Waals surface area (Å²) in [6.07, 6.45) is 3.30. The van der Waals surface area contributed by atoms with Gasteiger partial charge in [-0.2, -0.15) is 5.26 Å². The third kappa shape index (κ3) is 1.83. The van der Waals surface area contributed by atoms with Crippen LogP contribution in [0.2, 0.25) is 0 Å². The van der Waals surface area contributed by atoms with Crippen LogP contribution in [-0.2, 0) is 7.05 Å². The summed E-state index contributed by atoms with van der Waals surface area (Å²) in [7, 11) is 1.66. The Labute approximate surface area is 98.8 Å². The summed E-state index contributed by atoms with van der Waals surface area (Å²) in [5, 5.41) is 9.09. The zero-order valence-electron chi connectivity index (χ0n) is 9.64. The van der Waals surface area contributed by atoms with Crippen molar-refractivity contribution in [2.75, 3.05) is 0 Å². The number of aromatic nitrogens is 2. The van der Waals surface area contributed by atoms with Gasteiger partial charge in [-0.3, -0.25) is 9.78 Å². The summed E-state index contributed by atoms with van der Waals surface area (Å²) in [5.74, 6) is 0. The maximum absolute atomic E-state index is 11.9. The molecule has 0 aliphatic carbocycles. The predicted octanol–water partition coefficient (Wildman–Crippen LogP) is 1.63. The number of nitriles is 1. The molecule has 0 spiro atoms. The highest BCUT2D eigenvalue weighted by molar-refractivity contribution is 5.69. The molecule has 4 nitrogen and oxygen atoms in total. The lowest BCUT2D eigenvalue weighted by Crippen LogP contribution is -2.22. The lowest BCUT2D eigenvalue weighted by Gasteiger charge is -2.08. The number of aryl methyl sites for hydroxylation is 1. The summed E-state index contributed by atoms with van der Waals surface area (Å²) in [6.45, 7) is 1.84. The van der Waals surface area contributed by atoms with Gasteiger partial charge in [0.1, 0.15) is 11.6 Å². The van der Waals surface area contributed by atoms with Crippen molar-refractivity contribution in [1.82, 2.24) is 9.55 Å². The van der Waals surface area contributed by atoms with Crippen molar-refractivity contribution < 1.29 is 0 Å². The number of hydrogen-bond donors (Lipinski definition) is 0. The average molecular weight is 225 g/mol. The third-order valence-corrected chi connectivity index (χ3v) is 2.75. The van der Waals surface area contributed by atoms with Gasteiger partial charge in [-0.1, -0.05) is 6.07 Å². The summed E-state index contributed by atoms with van der Waals surface area (Å²) in [5.41, 5.74) is 2.12. The van der Waals surface area contributed by atoms with Crippen LogP contribution in [0.3, 0.4) is 0 Å². The zero-order chi connectivity index (χ0) is 12.4. The molecule has 4 heteroatoms. The van der Waals surface area contributed by atoms with Crippen LogP contribution < -0.4 is 5.56 Å². The second-order valence-electron chi connectivity index (χ2n) is 3.79. The maximum Gasteiger partial charge on any atom is 0.269 e. The van der Waals surface area contributed by atoms with E-state index in [1.54, 1.807) is 25.5 Å². The second kappa shape index (κ2) is 4.22. The molecule has 0 aromatic carbocycles. The molecule has 0 saturated heterocycles. The highest BCUT2D eigenvalue weighted by Crippen LogP contribution is 2.20. The van der Waals surface area contributed by atoms with Crippen LogP contribution in [-0.4, -0.2) is 9.55 Å². The first-order chi connectivity index (χ1) is 8.15. The Morgan fingerprint density at radius 1 is 1.47 bits per heavy atom. The van der Waals surface area contributed by atoms with Crippen LogP contribution >= 0.6 is 0 Å². The molecule has 0 radical (unpaired) electrons. The Morgan fingerprint density at radius 2 is 2.24 bits per heavy atom. The molecule has 0 fully saturated rings. The fraction of sp³-hybridized carbons (Fsp3) is 0.154. The fourth-order valence-corrected chi connectivity index (χ4v) is 1.68. The van der Waals surface area contributed by atoms with Gasteiger partial charge in [-0.05, 0) is 19.1 Å². The van der Waals surface area contributed by atoms with Gasteiger partial charge in [0.15, 0.2) is 0 Å². The van der Waals surface area contributed by atoms with Gasteiger partial charge in [0.25, 0.3) is 5.56 Å². The van der Waals surface area contributed by atoms with E-state index in [1.807, 2.05) is 25.1 Å². The highest BCUT2D eigenvalue weighted by Gasteiger charge is 2.12. The molecule has 0 N–H and O–H groups in total. The van der Waals surface area contributed by atoms with Crippen LogP contribution in [0.15, 0.2) is 35.4 Å². The fourth-order valence-electron chi connectivity index (χ4n) is 1.68. The van der Waals surface area contributed by atoms with Crippen molar-refractivity contribution in [2.24, 2.45) is 7.05 Å². The summed E-state index contributed by atoms with van der Waals surface area (Å²) in [4.78, 5) is 15.9. The van der Waals surface area contributed by atoms with Gasteiger partial charge in [-0.25, -0.2) is 0 Å². The van der Waals surface area contributed by atoms with Crippen molar-refractivity contribution in [3.8, 4) is 17.2 Å². The van der Waals surface area contributed by atoms with Gasteiger partial charge >= 0.3 is 0 Å². The average Bonchev–Trinajstić information content (AvgIpc) is 2.36.